The van der Waals surface area contributed by atoms with Crippen molar-refractivity contribution in [2.24, 2.45) is 5.92 Å². The molecule has 0 spiro atoms. The van der Waals surface area contributed by atoms with Gasteiger partial charge in [0.1, 0.15) is 0 Å². The van der Waals surface area contributed by atoms with Gasteiger partial charge in [-0.1, -0.05) is 30.3 Å². The van der Waals surface area contributed by atoms with Crippen LogP contribution in [0.3, 0.4) is 0 Å². The summed E-state index contributed by atoms with van der Waals surface area (Å²) in [5.41, 5.74) is 1.08. The zero-order valence-corrected chi connectivity index (χ0v) is 12.5. The molecule has 0 atom stereocenters. The van der Waals surface area contributed by atoms with Crippen molar-refractivity contribution < 1.29 is 9.59 Å². The van der Waals surface area contributed by atoms with Gasteiger partial charge in [-0.05, 0) is 5.56 Å². The highest BCUT2D eigenvalue weighted by Gasteiger charge is 2.17. The van der Waals surface area contributed by atoms with Crippen LogP contribution in [-0.4, -0.2) is 42.9 Å². The number of nitrogens with zero attached hydrogens (tertiary/aromatic N) is 1. The fourth-order valence-corrected chi connectivity index (χ4v) is 2.23. The lowest BCUT2D eigenvalue weighted by Crippen LogP contribution is -2.48. The van der Waals surface area contributed by atoms with Crippen LogP contribution in [0.2, 0.25) is 0 Å². The predicted molar refractivity (Wildman–Crippen MR) is 81.5 cm³/mol. The highest BCUT2D eigenvalue weighted by Crippen LogP contribution is 2.06. The van der Waals surface area contributed by atoms with Crippen molar-refractivity contribution in [2.45, 2.75) is 19.9 Å². The van der Waals surface area contributed by atoms with Gasteiger partial charge in [-0.15, -0.1) is 0 Å². The molecule has 21 heavy (non-hydrogen) atoms. The summed E-state index contributed by atoms with van der Waals surface area (Å²) in [6.45, 7) is 5.24. The van der Waals surface area contributed by atoms with Crippen LogP contribution < -0.4 is 10.6 Å². The first-order valence-corrected chi connectivity index (χ1v) is 7.42. The van der Waals surface area contributed by atoms with Crippen LogP contribution in [0.1, 0.15) is 18.9 Å². The van der Waals surface area contributed by atoms with Gasteiger partial charge in [0.05, 0.1) is 0 Å². The molecule has 0 unspecified atom stereocenters. The summed E-state index contributed by atoms with van der Waals surface area (Å²) >= 11 is 0. The van der Waals surface area contributed by atoms with Gasteiger partial charge in [-0.3, -0.25) is 9.59 Å². The van der Waals surface area contributed by atoms with Crippen LogP contribution in [0.15, 0.2) is 30.3 Å². The molecule has 1 aromatic carbocycles. The monoisotopic (exact) mass is 289 g/mol. The van der Waals surface area contributed by atoms with Gasteiger partial charge in [0, 0.05) is 52.0 Å². The van der Waals surface area contributed by atoms with Gasteiger partial charge in [-0.2, -0.15) is 0 Å². The zero-order valence-electron chi connectivity index (χ0n) is 12.5. The normalized spacial score (nSPS) is 14.3. The van der Waals surface area contributed by atoms with E-state index < -0.39 is 0 Å². The van der Waals surface area contributed by atoms with Crippen molar-refractivity contribution >= 4 is 11.8 Å². The van der Waals surface area contributed by atoms with Gasteiger partial charge in [0.15, 0.2) is 0 Å². The number of amides is 2. The van der Waals surface area contributed by atoms with Gasteiger partial charge >= 0.3 is 0 Å². The Hall–Kier alpha value is -1.88. The number of hydrogen-bond acceptors (Lipinski definition) is 3. The van der Waals surface area contributed by atoms with Crippen LogP contribution in [0.4, 0.5) is 0 Å². The average Bonchev–Trinajstić information content (AvgIpc) is 2.42. The summed E-state index contributed by atoms with van der Waals surface area (Å²) in [6.07, 6.45) is 0.354. The summed E-state index contributed by atoms with van der Waals surface area (Å²) in [5.74, 6) is 0.568. The third kappa shape index (κ3) is 5.19. The third-order valence-electron chi connectivity index (χ3n) is 3.72. The molecule has 1 aromatic rings. The maximum atomic E-state index is 11.8. The molecule has 1 fully saturated rings. The Morgan fingerprint density at radius 3 is 2.57 bits per heavy atom. The second kappa shape index (κ2) is 7.78. The fraction of sp³-hybridized carbons (Fsp3) is 0.500. The zero-order chi connectivity index (χ0) is 15.1. The summed E-state index contributed by atoms with van der Waals surface area (Å²) in [6, 6.07) is 9.82. The number of benzene rings is 1. The molecule has 1 saturated heterocycles. The minimum atomic E-state index is -0.00477. The Morgan fingerprint density at radius 2 is 2.00 bits per heavy atom. The number of rotatable bonds is 7. The van der Waals surface area contributed by atoms with Crippen molar-refractivity contribution in [2.75, 3.05) is 26.2 Å². The lowest BCUT2D eigenvalue weighted by atomic mass is 10.0. The SMILES string of the molecule is CC(=O)N(CCC(=O)NCC1CNC1)Cc1ccccc1. The van der Waals surface area contributed by atoms with Crippen molar-refractivity contribution in [1.29, 1.82) is 0 Å². The van der Waals surface area contributed by atoms with E-state index in [1.807, 2.05) is 30.3 Å². The van der Waals surface area contributed by atoms with Crippen LogP contribution in [-0.2, 0) is 16.1 Å². The summed E-state index contributed by atoms with van der Waals surface area (Å²) in [4.78, 5) is 25.2. The van der Waals surface area contributed by atoms with Crippen LogP contribution in [0, 0.1) is 5.92 Å². The molecule has 0 radical (unpaired) electrons. The van der Waals surface area contributed by atoms with E-state index in [2.05, 4.69) is 10.6 Å². The largest absolute Gasteiger partial charge is 0.356 e. The fourth-order valence-electron chi connectivity index (χ4n) is 2.23. The molecular formula is C16H23N3O2. The average molecular weight is 289 g/mol. The predicted octanol–water partition coefficient (Wildman–Crippen LogP) is 0.761. The maximum Gasteiger partial charge on any atom is 0.221 e. The van der Waals surface area contributed by atoms with E-state index in [0.29, 0.717) is 25.4 Å². The Labute approximate surface area is 125 Å². The van der Waals surface area contributed by atoms with Crippen LogP contribution in [0.5, 0.6) is 0 Å². The molecule has 2 amide bonds. The van der Waals surface area contributed by atoms with Gasteiger partial charge in [0.2, 0.25) is 11.8 Å². The standard InChI is InChI=1S/C16H23N3O2/c1-13(20)19(12-14-5-3-2-4-6-14)8-7-16(21)18-11-15-9-17-10-15/h2-6,15,17H,7-12H2,1H3,(H,18,21). The van der Waals surface area contributed by atoms with Crippen molar-refractivity contribution in [3.05, 3.63) is 35.9 Å². The molecule has 5 heteroatoms. The molecule has 0 saturated carbocycles. The van der Waals surface area contributed by atoms with E-state index in [1.54, 1.807) is 11.8 Å². The van der Waals surface area contributed by atoms with Gasteiger partial charge in [-0.25, -0.2) is 0 Å². The molecule has 0 aliphatic carbocycles. The number of hydrogen-bond donors (Lipinski definition) is 2. The highest BCUT2D eigenvalue weighted by atomic mass is 16.2. The maximum absolute atomic E-state index is 11.8. The molecule has 1 aliphatic rings. The molecule has 2 rings (SSSR count). The Kier molecular flexibility index (Phi) is 5.75. The number of carbonyl (C=O) groups is 2. The quantitative estimate of drug-likeness (QED) is 0.779. The smallest absolute Gasteiger partial charge is 0.221 e. The summed E-state index contributed by atoms with van der Waals surface area (Å²) < 4.78 is 0. The molecule has 5 nitrogen and oxygen atoms in total. The van der Waals surface area contributed by atoms with Crippen molar-refractivity contribution in [1.82, 2.24) is 15.5 Å². The van der Waals surface area contributed by atoms with E-state index in [9.17, 15) is 9.59 Å². The number of carbonyl (C=O) groups excluding carboxylic acids is 2. The first-order valence-electron chi connectivity index (χ1n) is 7.42. The van der Waals surface area contributed by atoms with Crippen molar-refractivity contribution in [3.8, 4) is 0 Å². The van der Waals surface area contributed by atoms with E-state index in [4.69, 9.17) is 0 Å². The second-order valence-corrected chi connectivity index (χ2v) is 5.50. The lowest BCUT2D eigenvalue weighted by molar-refractivity contribution is -0.130. The minimum Gasteiger partial charge on any atom is -0.356 e. The van der Waals surface area contributed by atoms with E-state index in [-0.39, 0.29) is 11.8 Å². The molecule has 1 aliphatic heterocycles. The molecule has 1 heterocycles. The minimum absolute atomic E-state index is 0.00477. The summed E-state index contributed by atoms with van der Waals surface area (Å²) in [7, 11) is 0. The Bertz CT molecular complexity index is 472. The van der Waals surface area contributed by atoms with E-state index >= 15 is 0 Å². The molecule has 0 bridgehead atoms. The molecule has 2 N–H and O–H groups in total. The Morgan fingerprint density at radius 1 is 1.29 bits per heavy atom. The second-order valence-electron chi connectivity index (χ2n) is 5.50. The highest BCUT2D eigenvalue weighted by molar-refractivity contribution is 5.78. The first kappa shape index (κ1) is 15.5. The van der Waals surface area contributed by atoms with E-state index in [1.165, 1.54) is 0 Å². The topological polar surface area (TPSA) is 61.4 Å². The lowest BCUT2D eigenvalue weighted by Gasteiger charge is -2.27. The third-order valence-corrected chi connectivity index (χ3v) is 3.72. The molecule has 0 aromatic heterocycles. The van der Waals surface area contributed by atoms with Crippen LogP contribution in [0.25, 0.3) is 0 Å². The van der Waals surface area contributed by atoms with Gasteiger partial charge < -0.3 is 15.5 Å². The number of nitrogens with one attached hydrogen (secondary N) is 2. The summed E-state index contributed by atoms with van der Waals surface area (Å²) in [5, 5.41) is 6.10. The first-order chi connectivity index (χ1) is 10.1. The Balaban J connectivity index is 1.74. The van der Waals surface area contributed by atoms with Crippen LogP contribution >= 0.6 is 0 Å². The molecule has 114 valence electrons. The molecular weight excluding hydrogens is 266 g/mol. The van der Waals surface area contributed by atoms with E-state index in [0.717, 1.165) is 25.2 Å². The van der Waals surface area contributed by atoms with Gasteiger partial charge in [0.25, 0.3) is 0 Å². The van der Waals surface area contributed by atoms with Crippen molar-refractivity contribution in [3.63, 3.8) is 0 Å².